The predicted octanol–water partition coefficient (Wildman–Crippen LogP) is 4.74. The SMILES string of the molecule is COc1ccc(CN2CCCN(Cc3ccc(OC)cc3OC)C2c2cccc([N+](=O)[O-])c2O)c(OC)c1. The van der Waals surface area contributed by atoms with Crippen LogP contribution in [0.5, 0.6) is 28.7 Å². The minimum atomic E-state index is -0.560. The largest absolute Gasteiger partial charge is 0.502 e. The molecule has 0 radical (unpaired) electrons. The molecular formula is C28H33N3O7. The maximum Gasteiger partial charge on any atom is 0.311 e. The number of aromatic hydroxyl groups is 1. The second-order valence-electron chi connectivity index (χ2n) is 9.00. The summed E-state index contributed by atoms with van der Waals surface area (Å²) in [5, 5.41) is 22.7. The molecule has 1 heterocycles. The van der Waals surface area contributed by atoms with Crippen molar-refractivity contribution in [2.45, 2.75) is 25.7 Å². The first-order valence-electron chi connectivity index (χ1n) is 12.3. The van der Waals surface area contributed by atoms with Crippen LogP contribution in [0.3, 0.4) is 0 Å². The Hall–Kier alpha value is -4.02. The molecule has 38 heavy (non-hydrogen) atoms. The molecule has 202 valence electrons. The Morgan fingerprint density at radius 2 is 1.37 bits per heavy atom. The van der Waals surface area contributed by atoms with Gasteiger partial charge in [-0.25, -0.2) is 0 Å². The van der Waals surface area contributed by atoms with Gasteiger partial charge in [-0.05, 0) is 18.6 Å². The van der Waals surface area contributed by atoms with Crippen molar-refractivity contribution in [1.82, 2.24) is 9.80 Å². The molecule has 0 atom stereocenters. The number of nitrogens with zero attached hydrogens (tertiary/aromatic N) is 3. The number of ether oxygens (including phenoxy) is 4. The van der Waals surface area contributed by atoms with Gasteiger partial charge in [-0.2, -0.15) is 0 Å². The molecule has 1 aliphatic rings. The molecule has 1 aliphatic heterocycles. The first kappa shape index (κ1) is 27.0. The van der Waals surface area contributed by atoms with E-state index in [1.54, 1.807) is 40.6 Å². The Morgan fingerprint density at radius 3 is 1.82 bits per heavy atom. The summed E-state index contributed by atoms with van der Waals surface area (Å²) < 4.78 is 22.0. The van der Waals surface area contributed by atoms with Crippen LogP contribution in [-0.2, 0) is 13.1 Å². The molecule has 0 aliphatic carbocycles. The highest BCUT2D eigenvalue weighted by Crippen LogP contribution is 2.41. The molecule has 0 unspecified atom stereocenters. The second-order valence-corrected chi connectivity index (χ2v) is 9.00. The molecule has 0 aromatic heterocycles. The molecule has 0 spiro atoms. The number of hydrogen-bond acceptors (Lipinski definition) is 9. The third-order valence-electron chi connectivity index (χ3n) is 6.84. The van der Waals surface area contributed by atoms with Gasteiger partial charge in [-0.3, -0.25) is 19.9 Å². The standard InChI is InChI=1S/C28H33N3O7/c1-35-21-11-9-19(25(15-21)37-3)17-29-13-6-14-30(18-20-10-12-22(36-2)16-26(20)38-4)28(29)23-7-5-8-24(27(23)32)31(33)34/h5,7-12,15-16,28,32H,6,13-14,17-18H2,1-4H3. The summed E-state index contributed by atoms with van der Waals surface area (Å²) in [5.74, 6) is 2.40. The van der Waals surface area contributed by atoms with E-state index >= 15 is 0 Å². The lowest BCUT2D eigenvalue weighted by Gasteiger charge is -2.44. The molecule has 1 N–H and O–H groups in total. The Kier molecular flexibility index (Phi) is 8.55. The minimum Gasteiger partial charge on any atom is -0.502 e. The second kappa shape index (κ2) is 12.0. The highest BCUT2D eigenvalue weighted by molar-refractivity contribution is 5.52. The summed E-state index contributed by atoms with van der Waals surface area (Å²) in [6, 6.07) is 16.0. The van der Waals surface area contributed by atoms with Crippen molar-refractivity contribution in [1.29, 1.82) is 0 Å². The van der Waals surface area contributed by atoms with Gasteiger partial charge in [0, 0.05) is 61.1 Å². The van der Waals surface area contributed by atoms with E-state index < -0.39 is 11.1 Å². The van der Waals surface area contributed by atoms with E-state index in [-0.39, 0.29) is 11.4 Å². The van der Waals surface area contributed by atoms with Crippen molar-refractivity contribution < 1.29 is 29.0 Å². The van der Waals surface area contributed by atoms with Crippen molar-refractivity contribution >= 4 is 5.69 Å². The molecule has 0 bridgehead atoms. The molecule has 3 aromatic carbocycles. The van der Waals surface area contributed by atoms with Crippen LogP contribution in [-0.4, -0.2) is 61.4 Å². The lowest BCUT2D eigenvalue weighted by atomic mass is 10.0. The van der Waals surface area contributed by atoms with Gasteiger partial charge in [-0.1, -0.05) is 24.3 Å². The number of hydrogen-bond donors (Lipinski definition) is 1. The van der Waals surface area contributed by atoms with Crippen molar-refractivity contribution in [3.63, 3.8) is 0 Å². The summed E-state index contributed by atoms with van der Waals surface area (Å²) >= 11 is 0. The van der Waals surface area contributed by atoms with E-state index in [1.807, 2.05) is 36.4 Å². The molecular weight excluding hydrogens is 490 g/mol. The number of phenolic OH excluding ortho intramolecular Hbond substituents is 1. The number of phenols is 1. The molecule has 0 amide bonds. The first-order chi connectivity index (χ1) is 18.4. The van der Waals surface area contributed by atoms with Crippen molar-refractivity contribution in [3.8, 4) is 28.7 Å². The molecule has 1 fully saturated rings. The van der Waals surface area contributed by atoms with Gasteiger partial charge in [0.05, 0.1) is 39.5 Å². The normalized spacial score (nSPS) is 14.7. The van der Waals surface area contributed by atoms with Crippen LogP contribution in [0.4, 0.5) is 5.69 Å². The lowest BCUT2D eigenvalue weighted by Crippen LogP contribution is -2.47. The average molecular weight is 524 g/mol. The average Bonchev–Trinajstić information content (AvgIpc) is 2.94. The summed E-state index contributed by atoms with van der Waals surface area (Å²) in [5.41, 5.74) is 2.02. The zero-order chi connectivity index (χ0) is 27.2. The Balaban J connectivity index is 1.76. The molecule has 0 saturated carbocycles. The number of nitro benzene ring substituents is 1. The van der Waals surface area contributed by atoms with Gasteiger partial charge in [-0.15, -0.1) is 0 Å². The summed E-state index contributed by atoms with van der Waals surface area (Å²) in [7, 11) is 6.43. The first-order valence-corrected chi connectivity index (χ1v) is 12.3. The minimum absolute atomic E-state index is 0.322. The van der Waals surface area contributed by atoms with Crippen molar-refractivity contribution in [3.05, 3.63) is 81.4 Å². The van der Waals surface area contributed by atoms with E-state index in [0.29, 0.717) is 41.7 Å². The van der Waals surface area contributed by atoms with Crippen LogP contribution in [0.1, 0.15) is 29.3 Å². The van der Waals surface area contributed by atoms with Crippen LogP contribution < -0.4 is 18.9 Å². The summed E-state index contributed by atoms with van der Waals surface area (Å²) in [6.45, 7) is 2.43. The molecule has 10 heteroatoms. The number of para-hydroxylation sites is 1. The third-order valence-corrected chi connectivity index (χ3v) is 6.84. The Morgan fingerprint density at radius 1 is 0.842 bits per heavy atom. The van der Waals surface area contributed by atoms with Crippen LogP contribution in [0, 0.1) is 10.1 Å². The fraction of sp³-hybridized carbons (Fsp3) is 0.357. The lowest BCUT2D eigenvalue weighted by molar-refractivity contribution is -0.386. The van der Waals surface area contributed by atoms with E-state index in [9.17, 15) is 15.2 Å². The Bertz CT molecular complexity index is 1220. The van der Waals surface area contributed by atoms with E-state index in [4.69, 9.17) is 18.9 Å². The van der Waals surface area contributed by atoms with Gasteiger partial charge in [0.2, 0.25) is 5.75 Å². The highest BCUT2D eigenvalue weighted by atomic mass is 16.6. The van der Waals surface area contributed by atoms with Crippen LogP contribution in [0.2, 0.25) is 0 Å². The molecule has 10 nitrogen and oxygen atoms in total. The zero-order valence-electron chi connectivity index (χ0n) is 22.0. The fourth-order valence-corrected chi connectivity index (χ4v) is 4.98. The van der Waals surface area contributed by atoms with Crippen LogP contribution in [0.25, 0.3) is 0 Å². The predicted molar refractivity (Wildman–Crippen MR) is 142 cm³/mol. The smallest absolute Gasteiger partial charge is 0.311 e. The molecule has 1 saturated heterocycles. The number of benzene rings is 3. The van der Waals surface area contributed by atoms with Gasteiger partial charge >= 0.3 is 5.69 Å². The van der Waals surface area contributed by atoms with E-state index in [2.05, 4.69) is 9.80 Å². The van der Waals surface area contributed by atoms with Gasteiger partial charge in [0.25, 0.3) is 0 Å². The van der Waals surface area contributed by atoms with Gasteiger partial charge in [0.15, 0.2) is 0 Å². The number of methoxy groups -OCH3 is 4. The third kappa shape index (κ3) is 5.61. The maximum atomic E-state index is 11.7. The van der Waals surface area contributed by atoms with Gasteiger partial charge in [0.1, 0.15) is 23.0 Å². The number of rotatable bonds is 10. The quantitative estimate of drug-likeness (QED) is 0.298. The monoisotopic (exact) mass is 523 g/mol. The fourth-order valence-electron chi connectivity index (χ4n) is 4.98. The molecule has 4 rings (SSSR count). The summed E-state index contributed by atoms with van der Waals surface area (Å²) in [6.07, 6.45) is 0.422. The van der Waals surface area contributed by atoms with E-state index in [1.165, 1.54) is 6.07 Å². The van der Waals surface area contributed by atoms with Crippen molar-refractivity contribution in [2.24, 2.45) is 0 Å². The zero-order valence-corrected chi connectivity index (χ0v) is 22.0. The molecule has 3 aromatic rings. The van der Waals surface area contributed by atoms with Gasteiger partial charge < -0.3 is 24.1 Å². The number of nitro groups is 1. The topological polar surface area (TPSA) is 107 Å². The Labute approximate surface area is 222 Å². The summed E-state index contributed by atoms with van der Waals surface area (Å²) in [4.78, 5) is 15.5. The van der Waals surface area contributed by atoms with Crippen LogP contribution in [0.15, 0.2) is 54.6 Å². The van der Waals surface area contributed by atoms with Crippen LogP contribution >= 0.6 is 0 Å². The highest BCUT2D eigenvalue weighted by Gasteiger charge is 2.35. The van der Waals surface area contributed by atoms with E-state index in [0.717, 1.165) is 30.6 Å². The van der Waals surface area contributed by atoms with Crippen molar-refractivity contribution in [2.75, 3.05) is 41.5 Å². The maximum absolute atomic E-state index is 11.7.